The van der Waals surface area contributed by atoms with E-state index in [9.17, 15) is 4.79 Å². The standard InChI is InChI=1S/C12H16Cl2N2O/c1-3-12(15,4-2)11(17)16-9-7-5-6-8(13)10(9)14/h5-7H,3-4,15H2,1-2H3,(H,16,17). The van der Waals surface area contributed by atoms with Gasteiger partial charge in [0.1, 0.15) is 0 Å². The van der Waals surface area contributed by atoms with Crippen LogP contribution in [0.5, 0.6) is 0 Å². The minimum Gasteiger partial charge on any atom is -0.323 e. The molecule has 0 unspecified atom stereocenters. The zero-order valence-electron chi connectivity index (χ0n) is 9.89. The Morgan fingerprint density at radius 3 is 2.47 bits per heavy atom. The van der Waals surface area contributed by atoms with Gasteiger partial charge in [-0.05, 0) is 25.0 Å². The summed E-state index contributed by atoms with van der Waals surface area (Å²) >= 11 is 11.9. The maximum Gasteiger partial charge on any atom is 0.244 e. The first kappa shape index (κ1) is 14.3. The first-order valence-corrected chi connectivity index (χ1v) is 6.24. The minimum atomic E-state index is -0.869. The van der Waals surface area contributed by atoms with Crippen molar-refractivity contribution in [3.63, 3.8) is 0 Å². The van der Waals surface area contributed by atoms with E-state index in [1.54, 1.807) is 18.2 Å². The summed E-state index contributed by atoms with van der Waals surface area (Å²) in [6.45, 7) is 3.76. The van der Waals surface area contributed by atoms with Crippen molar-refractivity contribution < 1.29 is 4.79 Å². The molecule has 1 aromatic rings. The summed E-state index contributed by atoms with van der Waals surface area (Å²) in [5, 5.41) is 3.45. The summed E-state index contributed by atoms with van der Waals surface area (Å²) in [6, 6.07) is 5.08. The van der Waals surface area contributed by atoms with Gasteiger partial charge in [0.25, 0.3) is 0 Å². The Bertz CT molecular complexity index is 417. The Kier molecular flexibility index (Phi) is 4.80. The van der Waals surface area contributed by atoms with Crippen molar-refractivity contribution in [1.82, 2.24) is 0 Å². The molecule has 1 aromatic carbocycles. The van der Waals surface area contributed by atoms with Crippen molar-refractivity contribution in [2.24, 2.45) is 5.73 Å². The van der Waals surface area contributed by atoms with Gasteiger partial charge in [0.2, 0.25) is 5.91 Å². The normalized spacial score (nSPS) is 11.4. The van der Waals surface area contributed by atoms with Crippen molar-refractivity contribution in [2.75, 3.05) is 5.32 Å². The van der Waals surface area contributed by atoms with Crippen LogP contribution in [0, 0.1) is 0 Å². The van der Waals surface area contributed by atoms with Crippen molar-refractivity contribution in [1.29, 1.82) is 0 Å². The summed E-state index contributed by atoms with van der Waals surface area (Å²) < 4.78 is 0. The van der Waals surface area contributed by atoms with E-state index in [0.717, 1.165) is 0 Å². The largest absolute Gasteiger partial charge is 0.323 e. The average Bonchev–Trinajstić information content (AvgIpc) is 2.33. The highest BCUT2D eigenvalue weighted by Gasteiger charge is 2.30. The molecule has 0 radical (unpaired) electrons. The molecule has 1 amide bonds. The van der Waals surface area contributed by atoms with Crippen molar-refractivity contribution in [3.05, 3.63) is 28.2 Å². The SMILES string of the molecule is CCC(N)(CC)C(=O)Nc1cccc(Cl)c1Cl. The predicted molar refractivity (Wildman–Crippen MR) is 72.6 cm³/mol. The highest BCUT2D eigenvalue weighted by atomic mass is 35.5. The van der Waals surface area contributed by atoms with Crippen LogP contribution in [-0.2, 0) is 4.79 Å². The Morgan fingerprint density at radius 1 is 1.35 bits per heavy atom. The second-order valence-corrected chi connectivity index (χ2v) is 4.70. The minimum absolute atomic E-state index is 0.244. The van der Waals surface area contributed by atoms with Gasteiger partial charge in [-0.3, -0.25) is 4.79 Å². The van der Waals surface area contributed by atoms with Gasteiger partial charge in [0, 0.05) is 0 Å². The number of hydrogen-bond acceptors (Lipinski definition) is 2. The lowest BCUT2D eigenvalue weighted by atomic mass is 9.93. The fourth-order valence-corrected chi connectivity index (χ4v) is 1.77. The number of nitrogens with one attached hydrogen (secondary N) is 1. The lowest BCUT2D eigenvalue weighted by Crippen LogP contribution is -2.50. The molecule has 0 atom stereocenters. The maximum absolute atomic E-state index is 12.0. The zero-order chi connectivity index (χ0) is 13.1. The lowest BCUT2D eigenvalue weighted by Gasteiger charge is -2.25. The number of rotatable bonds is 4. The van der Waals surface area contributed by atoms with Crippen LogP contribution in [0.1, 0.15) is 26.7 Å². The quantitative estimate of drug-likeness (QED) is 0.884. The molecule has 17 heavy (non-hydrogen) atoms. The topological polar surface area (TPSA) is 55.1 Å². The highest BCUT2D eigenvalue weighted by molar-refractivity contribution is 6.44. The van der Waals surface area contributed by atoms with E-state index in [-0.39, 0.29) is 5.91 Å². The monoisotopic (exact) mass is 274 g/mol. The molecule has 0 fully saturated rings. The van der Waals surface area contributed by atoms with Crippen LogP contribution in [-0.4, -0.2) is 11.4 Å². The molecule has 0 spiro atoms. The van der Waals surface area contributed by atoms with Gasteiger partial charge in [-0.1, -0.05) is 43.1 Å². The van der Waals surface area contributed by atoms with Crippen LogP contribution in [0.4, 0.5) is 5.69 Å². The van der Waals surface area contributed by atoms with E-state index in [1.807, 2.05) is 13.8 Å². The molecular weight excluding hydrogens is 259 g/mol. The van der Waals surface area contributed by atoms with Crippen LogP contribution in [0.15, 0.2) is 18.2 Å². The summed E-state index contributed by atoms with van der Waals surface area (Å²) in [5.41, 5.74) is 5.61. The molecular formula is C12H16Cl2N2O. The molecule has 1 rings (SSSR count). The number of benzene rings is 1. The van der Waals surface area contributed by atoms with E-state index in [2.05, 4.69) is 5.32 Å². The number of hydrogen-bond donors (Lipinski definition) is 2. The van der Waals surface area contributed by atoms with Gasteiger partial charge in [0.15, 0.2) is 0 Å². The number of nitrogens with two attached hydrogens (primary N) is 1. The van der Waals surface area contributed by atoms with Crippen molar-refractivity contribution in [2.45, 2.75) is 32.2 Å². The molecule has 3 N–H and O–H groups in total. The second-order valence-electron chi connectivity index (χ2n) is 3.92. The van der Waals surface area contributed by atoms with Crippen LogP contribution in [0.25, 0.3) is 0 Å². The van der Waals surface area contributed by atoms with Gasteiger partial charge in [-0.25, -0.2) is 0 Å². The smallest absolute Gasteiger partial charge is 0.244 e. The summed E-state index contributed by atoms with van der Waals surface area (Å²) in [4.78, 5) is 12.0. The Hall–Kier alpha value is -0.770. The van der Waals surface area contributed by atoms with E-state index >= 15 is 0 Å². The molecule has 0 saturated heterocycles. The van der Waals surface area contributed by atoms with E-state index in [1.165, 1.54) is 0 Å². The second kappa shape index (κ2) is 5.71. The third kappa shape index (κ3) is 3.12. The first-order valence-electron chi connectivity index (χ1n) is 5.49. The Balaban J connectivity index is 2.92. The van der Waals surface area contributed by atoms with Crippen molar-refractivity contribution >= 4 is 34.8 Å². The van der Waals surface area contributed by atoms with Gasteiger partial charge in [0.05, 0.1) is 21.3 Å². The molecule has 0 aliphatic rings. The molecule has 0 aromatic heterocycles. The predicted octanol–water partition coefficient (Wildman–Crippen LogP) is 3.45. The summed E-state index contributed by atoms with van der Waals surface area (Å²) in [6.07, 6.45) is 1.13. The van der Waals surface area contributed by atoms with Gasteiger partial charge < -0.3 is 11.1 Å². The van der Waals surface area contributed by atoms with Crippen LogP contribution in [0.2, 0.25) is 10.0 Å². The van der Waals surface area contributed by atoms with Crippen LogP contribution in [0.3, 0.4) is 0 Å². The molecule has 0 aliphatic heterocycles. The van der Waals surface area contributed by atoms with Gasteiger partial charge >= 0.3 is 0 Å². The molecule has 5 heteroatoms. The fourth-order valence-electron chi connectivity index (χ4n) is 1.42. The van der Waals surface area contributed by atoms with E-state index in [0.29, 0.717) is 28.6 Å². The van der Waals surface area contributed by atoms with Gasteiger partial charge in [-0.2, -0.15) is 0 Å². The van der Waals surface area contributed by atoms with E-state index < -0.39 is 5.54 Å². The molecule has 3 nitrogen and oxygen atoms in total. The number of carbonyl (C=O) groups excluding carboxylic acids is 1. The lowest BCUT2D eigenvalue weighted by molar-refractivity contribution is -0.121. The fraction of sp³-hybridized carbons (Fsp3) is 0.417. The number of halogens is 2. The Morgan fingerprint density at radius 2 is 1.94 bits per heavy atom. The van der Waals surface area contributed by atoms with Crippen molar-refractivity contribution in [3.8, 4) is 0 Å². The number of amides is 1. The zero-order valence-corrected chi connectivity index (χ0v) is 11.4. The molecule has 0 heterocycles. The molecule has 0 aliphatic carbocycles. The molecule has 0 saturated carbocycles. The first-order chi connectivity index (χ1) is 7.94. The Labute approximate surface area is 111 Å². The third-order valence-electron chi connectivity index (χ3n) is 2.91. The van der Waals surface area contributed by atoms with E-state index in [4.69, 9.17) is 28.9 Å². The molecule has 0 bridgehead atoms. The highest BCUT2D eigenvalue weighted by Crippen LogP contribution is 2.30. The third-order valence-corrected chi connectivity index (χ3v) is 3.73. The molecule has 94 valence electrons. The van der Waals surface area contributed by atoms with Crippen LogP contribution < -0.4 is 11.1 Å². The summed E-state index contributed by atoms with van der Waals surface area (Å²) in [5.74, 6) is -0.244. The van der Waals surface area contributed by atoms with Gasteiger partial charge in [-0.15, -0.1) is 0 Å². The number of anilines is 1. The maximum atomic E-state index is 12.0. The summed E-state index contributed by atoms with van der Waals surface area (Å²) in [7, 11) is 0. The average molecular weight is 275 g/mol. The number of carbonyl (C=O) groups is 1. The van der Waals surface area contributed by atoms with Crippen LogP contribution >= 0.6 is 23.2 Å².